The molecule has 1 N–H and O–H groups in total. The zero-order chi connectivity index (χ0) is 19.1. The Morgan fingerprint density at radius 1 is 0.962 bits per heavy atom. The van der Waals surface area contributed by atoms with Gasteiger partial charge in [0.05, 0.1) is 5.69 Å². The van der Waals surface area contributed by atoms with Crippen molar-refractivity contribution in [3.63, 3.8) is 0 Å². The van der Waals surface area contributed by atoms with Crippen molar-refractivity contribution in [2.75, 3.05) is 5.32 Å². The summed E-state index contributed by atoms with van der Waals surface area (Å²) in [6.07, 6.45) is 2.07. The van der Waals surface area contributed by atoms with Gasteiger partial charge in [-0.25, -0.2) is 0 Å². The van der Waals surface area contributed by atoms with E-state index in [9.17, 15) is 4.79 Å². The molecule has 0 bridgehead atoms. The Hall–Kier alpha value is -2.03. The topological polar surface area (TPSA) is 34.0 Å². The Morgan fingerprint density at radius 2 is 1.58 bits per heavy atom. The number of aryl methyl sites for hydroxylation is 2. The van der Waals surface area contributed by atoms with Gasteiger partial charge in [-0.1, -0.05) is 52.8 Å². The fraction of sp³-hybridized carbons (Fsp3) is 0.522. The number of aromatic nitrogens is 1. The molecular weight excluding hydrogens is 320 g/mol. The Morgan fingerprint density at radius 3 is 2.15 bits per heavy atom. The van der Waals surface area contributed by atoms with Crippen molar-refractivity contribution in [1.82, 2.24) is 4.57 Å². The molecule has 0 amide bonds. The first-order valence-corrected chi connectivity index (χ1v) is 9.56. The molecule has 0 aliphatic carbocycles. The summed E-state index contributed by atoms with van der Waals surface area (Å²) >= 11 is 0. The highest BCUT2D eigenvalue weighted by Crippen LogP contribution is 2.29. The number of pyridine rings is 1. The van der Waals surface area contributed by atoms with E-state index >= 15 is 0 Å². The van der Waals surface area contributed by atoms with Gasteiger partial charge in [0.1, 0.15) is 0 Å². The van der Waals surface area contributed by atoms with Gasteiger partial charge in [0, 0.05) is 23.5 Å². The second-order valence-electron chi connectivity index (χ2n) is 6.08. The number of fused-ring (bicyclic) bond motifs is 1. The normalized spacial score (nSPS) is 11.2. The van der Waals surface area contributed by atoms with Crippen LogP contribution < -0.4 is 10.9 Å². The summed E-state index contributed by atoms with van der Waals surface area (Å²) in [6.45, 7) is 17.1. The number of hydrogen-bond acceptors (Lipinski definition) is 2. The van der Waals surface area contributed by atoms with E-state index in [4.69, 9.17) is 0 Å². The van der Waals surface area contributed by atoms with Gasteiger partial charge in [0.25, 0.3) is 5.56 Å². The third-order valence-corrected chi connectivity index (χ3v) is 4.51. The highest BCUT2D eigenvalue weighted by atomic mass is 16.1. The second kappa shape index (κ2) is 10.8. The van der Waals surface area contributed by atoms with Gasteiger partial charge in [-0.2, -0.15) is 0 Å². The van der Waals surface area contributed by atoms with Crippen molar-refractivity contribution in [2.45, 2.75) is 82.2 Å². The summed E-state index contributed by atoms with van der Waals surface area (Å²) in [5.41, 5.74) is 7.89. The van der Waals surface area contributed by atoms with Crippen LogP contribution in [-0.2, 0) is 13.0 Å². The molecule has 2 heterocycles. The van der Waals surface area contributed by atoms with Crippen LogP contribution in [0.2, 0.25) is 0 Å². The van der Waals surface area contributed by atoms with Crippen molar-refractivity contribution < 1.29 is 0 Å². The van der Waals surface area contributed by atoms with E-state index in [0.717, 1.165) is 36.3 Å². The van der Waals surface area contributed by atoms with Crippen LogP contribution in [0.4, 0.5) is 11.4 Å². The molecule has 26 heavy (non-hydrogen) atoms. The number of hydrogen-bond donors (Lipinski definition) is 1. The zero-order valence-corrected chi connectivity index (χ0v) is 17.2. The molecule has 1 aliphatic rings. The lowest BCUT2D eigenvalue weighted by atomic mass is 10.1. The maximum Gasteiger partial charge on any atom is 0.255 e. The maximum atomic E-state index is 12.5. The number of rotatable bonds is 2. The van der Waals surface area contributed by atoms with Crippen LogP contribution in [0.1, 0.15) is 69.5 Å². The minimum Gasteiger partial charge on any atom is -0.355 e. The van der Waals surface area contributed by atoms with Crippen LogP contribution in [0.15, 0.2) is 23.0 Å². The molecule has 2 aromatic rings. The summed E-state index contributed by atoms with van der Waals surface area (Å²) in [4.78, 5) is 12.5. The SMILES string of the molecule is C.CC.CC.Cc1ccc(Nc2c(C)c3n(c(=O)c2C)CCC3)c(C)c1. The van der Waals surface area contributed by atoms with Gasteiger partial charge in [0.2, 0.25) is 0 Å². The minimum atomic E-state index is 0. The van der Waals surface area contributed by atoms with Gasteiger partial charge >= 0.3 is 0 Å². The van der Waals surface area contributed by atoms with Crippen molar-refractivity contribution in [3.05, 3.63) is 56.5 Å². The van der Waals surface area contributed by atoms with E-state index in [-0.39, 0.29) is 13.0 Å². The molecule has 1 aromatic carbocycles. The van der Waals surface area contributed by atoms with Gasteiger partial charge in [-0.05, 0) is 57.7 Å². The Balaban J connectivity index is 0.00000117. The summed E-state index contributed by atoms with van der Waals surface area (Å²) < 4.78 is 1.94. The Kier molecular flexibility index (Phi) is 10.0. The van der Waals surface area contributed by atoms with E-state index < -0.39 is 0 Å². The predicted molar refractivity (Wildman–Crippen MR) is 117 cm³/mol. The third kappa shape index (κ3) is 4.78. The lowest BCUT2D eigenvalue weighted by Gasteiger charge is -2.18. The molecule has 0 saturated carbocycles. The quantitative estimate of drug-likeness (QED) is 0.668. The fourth-order valence-electron chi connectivity index (χ4n) is 3.30. The summed E-state index contributed by atoms with van der Waals surface area (Å²) in [7, 11) is 0. The summed E-state index contributed by atoms with van der Waals surface area (Å²) in [6, 6.07) is 6.35. The average Bonchev–Trinajstić information content (AvgIpc) is 3.12. The highest BCUT2D eigenvalue weighted by molar-refractivity contribution is 5.69. The molecule has 146 valence electrons. The Labute approximate surface area is 160 Å². The Bertz CT molecular complexity index is 773. The lowest BCUT2D eigenvalue weighted by Crippen LogP contribution is -2.24. The summed E-state index contributed by atoms with van der Waals surface area (Å²) in [5, 5.41) is 3.49. The van der Waals surface area contributed by atoms with Crippen LogP contribution in [0, 0.1) is 27.7 Å². The predicted octanol–water partition coefficient (Wildman–Crippen LogP) is 6.46. The molecule has 0 fully saturated rings. The number of nitrogens with one attached hydrogen (secondary N) is 1. The largest absolute Gasteiger partial charge is 0.355 e. The molecule has 1 aromatic heterocycles. The van der Waals surface area contributed by atoms with E-state index in [0.29, 0.717) is 0 Å². The highest BCUT2D eigenvalue weighted by Gasteiger charge is 2.20. The monoisotopic (exact) mass is 358 g/mol. The third-order valence-electron chi connectivity index (χ3n) is 4.51. The van der Waals surface area contributed by atoms with Crippen LogP contribution in [0.25, 0.3) is 0 Å². The van der Waals surface area contributed by atoms with Crippen molar-refractivity contribution in [2.24, 2.45) is 0 Å². The van der Waals surface area contributed by atoms with Crippen molar-refractivity contribution in [3.8, 4) is 0 Å². The van der Waals surface area contributed by atoms with Crippen LogP contribution in [-0.4, -0.2) is 4.57 Å². The lowest BCUT2D eigenvalue weighted by molar-refractivity contribution is 0.715. The molecule has 1 aliphatic heterocycles. The van der Waals surface area contributed by atoms with E-state index in [1.807, 2.05) is 39.2 Å². The molecule has 3 nitrogen and oxygen atoms in total. The molecule has 0 unspecified atom stereocenters. The molecule has 3 heteroatoms. The fourth-order valence-corrected chi connectivity index (χ4v) is 3.30. The standard InChI is InChI=1S/C18H22N2O.2C2H6.CH4/c1-11-7-8-15(12(2)10-11)19-17-13(3)16-6-5-9-20(16)18(21)14(17)4;2*1-2;/h7-8,10,19H,5-6,9H2,1-4H3;2*1-2H3;1H4. The van der Waals surface area contributed by atoms with Gasteiger partial charge in [-0.15, -0.1) is 0 Å². The molecule has 0 atom stereocenters. The first-order valence-electron chi connectivity index (χ1n) is 9.56. The van der Waals surface area contributed by atoms with Crippen LogP contribution in [0.3, 0.4) is 0 Å². The maximum absolute atomic E-state index is 12.5. The van der Waals surface area contributed by atoms with Crippen LogP contribution >= 0.6 is 0 Å². The van der Waals surface area contributed by atoms with Gasteiger partial charge < -0.3 is 9.88 Å². The molecular formula is C23H38N2O. The number of anilines is 2. The van der Waals surface area contributed by atoms with E-state index in [1.165, 1.54) is 22.4 Å². The first-order chi connectivity index (χ1) is 12.0. The molecule has 0 spiro atoms. The molecule has 3 rings (SSSR count). The number of benzene rings is 1. The van der Waals surface area contributed by atoms with Crippen molar-refractivity contribution >= 4 is 11.4 Å². The van der Waals surface area contributed by atoms with E-state index in [2.05, 4.69) is 44.3 Å². The second-order valence-corrected chi connectivity index (χ2v) is 6.08. The van der Waals surface area contributed by atoms with Crippen LogP contribution in [0.5, 0.6) is 0 Å². The summed E-state index contributed by atoms with van der Waals surface area (Å²) in [5.74, 6) is 0. The first kappa shape index (κ1) is 24.0. The van der Waals surface area contributed by atoms with Gasteiger partial charge in [-0.3, -0.25) is 4.79 Å². The van der Waals surface area contributed by atoms with E-state index in [1.54, 1.807) is 0 Å². The number of nitrogens with zero attached hydrogens (tertiary/aromatic N) is 1. The zero-order valence-electron chi connectivity index (χ0n) is 17.2. The minimum absolute atomic E-state index is 0. The molecule has 0 radical (unpaired) electrons. The molecule has 0 saturated heterocycles. The van der Waals surface area contributed by atoms with Gasteiger partial charge in [0.15, 0.2) is 0 Å². The van der Waals surface area contributed by atoms with Crippen molar-refractivity contribution in [1.29, 1.82) is 0 Å². The average molecular weight is 359 g/mol. The smallest absolute Gasteiger partial charge is 0.255 e.